The first-order chi connectivity index (χ1) is 14.5. The maximum absolute atomic E-state index is 12.2. The van der Waals surface area contributed by atoms with Crippen molar-refractivity contribution in [3.63, 3.8) is 0 Å². The van der Waals surface area contributed by atoms with Crippen LogP contribution in [0.3, 0.4) is 0 Å². The van der Waals surface area contributed by atoms with Gasteiger partial charge in [-0.15, -0.1) is 0 Å². The van der Waals surface area contributed by atoms with Crippen molar-refractivity contribution in [2.24, 2.45) is 0 Å². The zero-order valence-electron chi connectivity index (χ0n) is 19.0. The normalized spacial score (nSPS) is 21.1. The van der Waals surface area contributed by atoms with Crippen molar-refractivity contribution in [1.82, 2.24) is 19.8 Å². The first kappa shape index (κ1) is 23.1. The number of aromatic carboxylic acids is 1. The molecule has 0 bridgehead atoms. The van der Waals surface area contributed by atoms with E-state index in [9.17, 15) is 14.7 Å². The number of amides is 1. The second kappa shape index (κ2) is 9.25. The largest absolute Gasteiger partial charge is 0.475 e. The summed E-state index contributed by atoms with van der Waals surface area (Å²) >= 11 is 0. The van der Waals surface area contributed by atoms with Gasteiger partial charge >= 0.3 is 12.1 Å². The Morgan fingerprint density at radius 3 is 2.39 bits per heavy atom. The van der Waals surface area contributed by atoms with Crippen molar-refractivity contribution in [1.29, 1.82) is 0 Å². The molecule has 0 aliphatic carbocycles. The minimum Gasteiger partial charge on any atom is -0.475 e. The predicted molar refractivity (Wildman–Crippen MR) is 115 cm³/mol. The summed E-state index contributed by atoms with van der Waals surface area (Å²) in [5, 5.41) is 9.47. The molecule has 1 amide bonds. The van der Waals surface area contributed by atoms with E-state index < -0.39 is 11.6 Å². The van der Waals surface area contributed by atoms with Gasteiger partial charge in [0.05, 0.1) is 0 Å². The Balaban J connectivity index is 1.67. The van der Waals surface area contributed by atoms with Crippen LogP contribution in [0.1, 0.15) is 51.2 Å². The molecule has 1 aromatic heterocycles. The molecule has 0 aromatic carbocycles. The molecule has 2 fully saturated rings. The van der Waals surface area contributed by atoms with Crippen LogP contribution in [0, 0.1) is 0 Å². The molecule has 2 aliphatic heterocycles. The summed E-state index contributed by atoms with van der Waals surface area (Å²) in [6.07, 6.45) is 0.748. The molecule has 0 saturated carbocycles. The molecule has 0 radical (unpaired) electrons. The number of carboxylic acids is 1. The van der Waals surface area contributed by atoms with Gasteiger partial charge in [0.25, 0.3) is 0 Å². The average molecular weight is 436 g/mol. The Morgan fingerprint density at radius 1 is 1.13 bits per heavy atom. The summed E-state index contributed by atoms with van der Waals surface area (Å²) in [7, 11) is 2.06. The highest BCUT2D eigenvalue weighted by molar-refractivity contribution is 5.83. The van der Waals surface area contributed by atoms with Crippen molar-refractivity contribution in [3.05, 3.63) is 11.9 Å². The van der Waals surface area contributed by atoms with E-state index in [4.69, 9.17) is 9.47 Å². The Hall–Kier alpha value is -2.62. The van der Waals surface area contributed by atoms with Crippen LogP contribution in [0.5, 0.6) is 5.88 Å². The molecule has 2 saturated heterocycles. The van der Waals surface area contributed by atoms with E-state index in [-0.39, 0.29) is 29.9 Å². The standard InChI is InChI=1S/C21H33N5O5/c1-14-13-24(5)10-11-26(14)16-12-17(23-18(22-16)19(27)28)30-15-6-8-25(9-7-15)20(29)31-21(2,3)4/h12,14-15H,6-11,13H2,1-5H3,(H,27,28)/t14-/m0/s1. The monoisotopic (exact) mass is 435 g/mol. The van der Waals surface area contributed by atoms with Gasteiger partial charge in [0, 0.05) is 57.7 Å². The second-order valence-corrected chi connectivity index (χ2v) is 9.28. The van der Waals surface area contributed by atoms with E-state index in [1.807, 2.05) is 20.8 Å². The minimum absolute atomic E-state index is 0.159. The summed E-state index contributed by atoms with van der Waals surface area (Å²) < 4.78 is 11.5. The number of piperazine rings is 1. The van der Waals surface area contributed by atoms with Crippen LogP contribution < -0.4 is 9.64 Å². The van der Waals surface area contributed by atoms with Gasteiger partial charge in [-0.25, -0.2) is 14.6 Å². The number of carboxylic acid groups (broad SMARTS) is 1. The number of nitrogens with zero attached hydrogens (tertiary/aromatic N) is 5. The summed E-state index contributed by atoms with van der Waals surface area (Å²) in [6, 6.07) is 1.91. The van der Waals surface area contributed by atoms with Gasteiger partial charge in [-0.05, 0) is 34.7 Å². The van der Waals surface area contributed by atoms with Gasteiger partial charge in [0.2, 0.25) is 11.7 Å². The number of aromatic nitrogens is 2. The van der Waals surface area contributed by atoms with E-state index in [1.165, 1.54) is 0 Å². The molecule has 0 spiro atoms. The lowest BCUT2D eigenvalue weighted by atomic mass is 10.1. The van der Waals surface area contributed by atoms with Crippen LogP contribution >= 0.6 is 0 Å². The number of hydrogen-bond donors (Lipinski definition) is 1. The first-order valence-corrected chi connectivity index (χ1v) is 10.7. The molecule has 10 nitrogen and oxygen atoms in total. The van der Waals surface area contributed by atoms with E-state index >= 15 is 0 Å². The predicted octanol–water partition coefficient (Wildman–Crippen LogP) is 2.09. The topological polar surface area (TPSA) is 108 Å². The molecule has 31 heavy (non-hydrogen) atoms. The molecule has 2 aliphatic rings. The summed E-state index contributed by atoms with van der Waals surface area (Å²) in [5.41, 5.74) is -0.532. The SMILES string of the molecule is C[C@H]1CN(C)CCN1c1cc(OC2CCN(C(=O)OC(C)(C)C)CC2)nc(C(=O)O)n1. The lowest BCUT2D eigenvalue weighted by Crippen LogP contribution is -2.51. The summed E-state index contributed by atoms with van der Waals surface area (Å²) in [5.74, 6) is -0.642. The van der Waals surface area contributed by atoms with Crippen molar-refractivity contribution in [2.45, 2.75) is 58.3 Å². The van der Waals surface area contributed by atoms with Gasteiger partial charge in [-0.3, -0.25) is 0 Å². The fourth-order valence-electron chi connectivity index (χ4n) is 3.85. The smallest absolute Gasteiger partial charge is 0.410 e. The van der Waals surface area contributed by atoms with E-state index in [0.717, 1.165) is 19.6 Å². The molecule has 1 aromatic rings. The number of anilines is 1. The highest BCUT2D eigenvalue weighted by atomic mass is 16.6. The lowest BCUT2D eigenvalue weighted by molar-refractivity contribution is 0.0122. The van der Waals surface area contributed by atoms with Gasteiger partial charge in [-0.2, -0.15) is 4.98 Å². The number of likely N-dealkylation sites (tertiary alicyclic amines) is 1. The Morgan fingerprint density at radius 2 is 1.81 bits per heavy atom. The van der Waals surface area contributed by atoms with Crippen LogP contribution in [0.15, 0.2) is 6.07 Å². The van der Waals surface area contributed by atoms with Crippen molar-refractivity contribution in [2.75, 3.05) is 44.7 Å². The van der Waals surface area contributed by atoms with Crippen LogP contribution in [0.2, 0.25) is 0 Å². The Labute approximate surface area is 183 Å². The fourth-order valence-corrected chi connectivity index (χ4v) is 3.85. The number of likely N-dealkylation sites (N-methyl/N-ethyl adjacent to an activating group) is 1. The van der Waals surface area contributed by atoms with Crippen molar-refractivity contribution >= 4 is 17.9 Å². The minimum atomic E-state index is -1.19. The van der Waals surface area contributed by atoms with Crippen molar-refractivity contribution in [3.8, 4) is 5.88 Å². The molecule has 0 unspecified atom stereocenters. The van der Waals surface area contributed by atoms with Crippen LogP contribution in [0.25, 0.3) is 0 Å². The number of piperidine rings is 1. The molecule has 172 valence electrons. The van der Waals surface area contributed by atoms with Gasteiger partial charge in [0.1, 0.15) is 17.5 Å². The highest BCUT2D eigenvalue weighted by Crippen LogP contribution is 2.25. The average Bonchev–Trinajstić information content (AvgIpc) is 2.67. The van der Waals surface area contributed by atoms with E-state index in [1.54, 1.807) is 11.0 Å². The van der Waals surface area contributed by atoms with Crippen molar-refractivity contribution < 1.29 is 24.2 Å². The second-order valence-electron chi connectivity index (χ2n) is 9.28. The fraction of sp³-hybridized carbons (Fsp3) is 0.714. The van der Waals surface area contributed by atoms with Crippen LogP contribution in [-0.4, -0.2) is 94.5 Å². The van der Waals surface area contributed by atoms with E-state index in [0.29, 0.717) is 31.7 Å². The third-order valence-electron chi connectivity index (χ3n) is 5.39. The quantitative estimate of drug-likeness (QED) is 0.760. The first-order valence-electron chi connectivity index (χ1n) is 10.7. The number of carbonyl (C=O) groups is 2. The summed E-state index contributed by atoms with van der Waals surface area (Å²) in [4.78, 5) is 38.1. The molecule has 1 N–H and O–H groups in total. The molecular formula is C21H33N5O5. The van der Waals surface area contributed by atoms with Gasteiger partial charge in [0.15, 0.2) is 0 Å². The maximum Gasteiger partial charge on any atom is 0.410 e. The molecule has 10 heteroatoms. The number of ether oxygens (including phenoxy) is 2. The number of hydrogen-bond acceptors (Lipinski definition) is 8. The highest BCUT2D eigenvalue weighted by Gasteiger charge is 2.29. The molecular weight excluding hydrogens is 402 g/mol. The van der Waals surface area contributed by atoms with Gasteiger partial charge in [-0.1, -0.05) is 0 Å². The molecule has 3 heterocycles. The maximum atomic E-state index is 12.2. The van der Waals surface area contributed by atoms with Gasteiger partial charge < -0.3 is 29.3 Å². The third-order valence-corrected chi connectivity index (χ3v) is 5.39. The zero-order chi connectivity index (χ0) is 22.8. The number of carbonyl (C=O) groups excluding carboxylic acids is 1. The zero-order valence-corrected chi connectivity index (χ0v) is 19.0. The lowest BCUT2D eigenvalue weighted by Gasteiger charge is -2.39. The summed E-state index contributed by atoms with van der Waals surface area (Å²) in [6.45, 7) is 11.1. The van der Waals surface area contributed by atoms with Crippen LogP contribution in [0.4, 0.5) is 10.6 Å². The Bertz CT molecular complexity index is 804. The Kier molecular flexibility index (Phi) is 6.88. The number of rotatable bonds is 4. The van der Waals surface area contributed by atoms with E-state index in [2.05, 4.69) is 33.7 Å². The molecule has 1 atom stereocenters. The third kappa shape index (κ3) is 6.19. The molecule has 3 rings (SSSR count). The van der Waals surface area contributed by atoms with Crippen LogP contribution in [-0.2, 0) is 4.74 Å².